The Bertz CT molecular complexity index is 909. The fourth-order valence-corrected chi connectivity index (χ4v) is 4.19. The first-order valence-electron chi connectivity index (χ1n) is 8.66. The van der Waals surface area contributed by atoms with Crippen LogP contribution in [0.2, 0.25) is 0 Å². The molecule has 1 fully saturated rings. The van der Waals surface area contributed by atoms with Gasteiger partial charge >= 0.3 is 0 Å². The maximum atomic E-state index is 12.9. The Hall–Kier alpha value is -2.51. The van der Waals surface area contributed by atoms with E-state index in [-0.39, 0.29) is 5.91 Å². The maximum absolute atomic E-state index is 12.9. The number of ether oxygens (including phenoxy) is 3. The molecule has 1 amide bonds. The second kappa shape index (κ2) is 9.12. The number of hydrogen-bond acceptors (Lipinski definition) is 6. The second-order valence-corrected chi connectivity index (χ2v) is 7.69. The first kappa shape index (κ1) is 20.2. The molecule has 28 heavy (non-hydrogen) atoms. The summed E-state index contributed by atoms with van der Waals surface area (Å²) in [5.74, 6) is 1.93. The normalized spacial score (nSPS) is 15.2. The molecule has 1 aliphatic heterocycles. The quantitative estimate of drug-likeness (QED) is 0.500. The highest BCUT2D eigenvalue weighted by molar-refractivity contribution is 8.26. The van der Waals surface area contributed by atoms with Gasteiger partial charge in [0.05, 0.1) is 26.2 Å². The maximum Gasteiger partial charge on any atom is 0.266 e. The van der Waals surface area contributed by atoms with Gasteiger partial charge in [-0.1, -0.05) is 48.2 Å². The van der Waals surface area contributed by atoms with E-state index in [0.29, 0.717) is 33.7 Å². The first-order chi connectivity index (χ1) is 13.6. The molecule has 0 saturated carbocycles. The van der Waals surface area contributed by atoms with Gasteiger partial charge in [-0.3, -0.25) is 9.69 Å². The van der Waals surface area contributed by atoms with Gasteiger partial charge < -0.3 is 14.2 Å². The van der Waals surface area contributed by atoms with Crippen LogP contribution in [0, 0.1) is 0 Å². The van der Waals surface area contributed by atoms with Gasteiger partial charge in [-0.2, -0.15) is 0 Å². The summed E-state index contributed by atoms with van der Waals surface area (Å²) in [6, 6.07) is 13.4. The fourth-order valence-electron chi connectivity index (χ4n) is 2.89. The average Bonchev–Trinajstić information content (AvgIpc) is 2.99. The van der Waals surface area contributed by atoms with Gasteiger partial charge in [0.25, 0.3) is 5.91 Å². The number of thioether (sulfide) groups is 1. The molecule has 0 N–H and O–H groups in total. The number of carbonyl (C=O) groups is 1. The number of benzene rings is 2. The van der Waals surface area contributed by atoms with Crippen LogP contribution >= 0.6 is 24.0 Å². The zero-order valence-electron chi connectivity index (χ0n) is 15.9. The van der Waals surface area contributed by atoms with Gasteiger partial charge in [0.1, 0.15) is 10.1 Å². The van der Waals surface area contributed by atoms with Crippen molar-refractivity contribution in [3.05, 3.63) is 58.5 Å². The number of methoxy groups -OCH3 is 3. The van der Waals surface area contributed by atoms with Crippen molar-refractivity contribution in [3.63, 3.8) is 0 Å². The van der Waals surface area contributed by atoms with Crippen molar-refractivity contribution in [1.29, 1.82) is 0 Å². The number of rotatable bonds is 7. The van der Waals surface area contributed by atoms with Crippen LogP contribution < -0.4 is 14.2 Å². The van der Waals surface area contributed by atoms with Crippen LogP contribution in [-0.2, 0) is 11.2 Å². The Morgan fingerprint density at radius 1 is 1.04 bits per heavy atom. The Kier molecular flexibility index (Phi) is 6.59. The van der Waals surface area contributed by atoms with Crippen LogP contribution in [0.5, 0.6) is 17.2 Å². The molecule has 3 rings (SSSR count). The number of carbonyl (C=O) groups excluding carboxylic acids is 1. The summed E-state index contributed by atoms with van der Waals surface area (Å²) >= 11 is 6.73. The summed E-state index contributed by atoms with van der Waals surface area (Å²) in [4.78, 5) is 15.1. The molecule has 0 spiro atoms. The first-order valence-corrected chi connectivity index (χ1v) is 9.89. The minimum Gasteiger partial charge on any atom is -0.497 e. The van der Waals surface area contributed by atoms with Gasteiger partial charge in [0.2, 0.25) is 0 Å². The van der Waals surface area contributed by atoms with Gasteiger partial charge in [-0.15, -0.1) is 0 Å². The summed E-state index contributed by atoms with van der Waals surface area (Å²) in [6.07, 6.45) is 2.51. The van der Waals surface area contributed by atoms with E-state index in [1.165, 1.54) is 11.8 Å². The lowest BCUT2D eigenvalue weighted by atomic mass is 10.1. The van der Waals surface area contributed by atoms with Crippen molar-refractivity contribution in [3.8, 4) is 17.2 Å². The smallest absolute Gasteiger partial charge is 0.266 e. The molecule has 2 aromatic carbocycles. The third kappa shape index (κ3) is 4.31. The molecule has 0 aliphatic carbocycles. The molecule has 0 aromatic heterocycles. The number of hydrogen-bond donors (Lipinski definition) is 0. The van der Waals surface area contributed by atoms with Crippen LogP contribution in [-0.4, -0.2) is 43.0 Å². The van der Waals surface area contributed by atoms with Crippen LogP contribution in [0.4, 0.5) is 0 Å². The standard InChI is InChI=1S/C21H21NO4S2/c1-24-16-9-7-14(8-10-16)11-12-22-20(23)18(28-21(22)27)13-15-5-4-6-17(25-2)19(15)26-3/h4-10,13H,11-12H2,1-3H3. The van der Waals surface area contributed by atoms with E-state index in [0.717, 1.165) is 16.9 Å². The molecule has 1 aliphatic rings. The van der Waals surface area contributed by atoms with E-state index in [2.05, 4.69) is 0 Å². The molecule has 0 atom stereocenters. The Morgan fingerprint density at radius 3 is 2.43 bits per heavy atom. The lowest BCUT2D eigenvalue weighted by Crippen LogP contribution is -2.30. The van der Waals surface area contributed by atoms with Gasteiger partial charge in [-0.05, 0) is 36.3 Å². The number of nitrogens with zero attached hydrogens (tertiary/aromatic N) is 1. The molecule has 1 heterocycles. The lowest BCUT2D eigenvalue weighted by molar-refractivity contribution is -0.122. The molecule has 0 unspecified atom stereocenters. The van der Waals surface area contributed by atoms with E-state index in [4.69, 9.17) is 26.4 Å². The number of para-hydroxylation sites is 1. The third-order valence-corrected chi connectivity index (χ3v) is 5.75. The van der Waals surface area contributed by atoms with Gasteiger partial charge in [-0.25, -0.2) is 0 Å². The average molecular weight is 416 g/mol. The molecular weight excluding hydrogens is 394 g/mol. The summed E-state index contributed by atoms with van der Waals surface area (Å²) in [7, 11) is 4.80. The minimum atomic E-state index is -0.0895. The van der Waals surface area contributed by atoms with Gasteiger partial charge in [0.15, 0.2) is 11.5 Å². The van der Waals surface area contributed by atoms with Crippen molar-refractivity contribution in [2.45, 2.75) is 6.42 Å². The van der Waals surface area contributed by atoms with Crippen LogP contribution in [0.3, 0.4) is 0 Å². The number of amides is 1. The van der Waals surface area contributed by atoms with Crippen molar-refractivity contribution >= 4 is 40.3 Å². The zero-order valence-corrected chi connectivity index (χ0v) is 17.6. The highest BCUT2D eigenvalue weighted by atomic mass is 32.2. The topological polar surface area (TPSA) is 48.0 Å². The summed E-state index contributed by atoms with van der Waals surface area (Å²) in [6.45, 7) is 0.531. The monoisotopic (exact) mass is 415 g/mol. The van der Waals surface area contributed by atoms with E-state index < -0.39 is 0 Å². The summed E-state index contributed by atoms with van der Waals surface area (Å²) < 4.78 is 16.5. The van der Waals surface area contributed by atoms with Crippen molar-refractivity contribution in [2.75, 3.05) is 27.9 Å². The number of thiocarbonyl (C=S) groups is 1. The molecule has 0 bridgehead atoms. The molecule has 0 radical (unpaired) electrons. The molecular formula is C21H21NO4S2. The van der Waals surface area contributed by atoms with Crippen LogP contribution in [0.25, 0.3) is 6.08 Å². The highest BCUT2D eigenvalue weighted by Gasteiger charge is 2.32. The van der Waals surface area contributed by atoms with Crippen LogP contribution in [0.15, 0.2) is 47.4 Å². The third-order valence-electron chi connectivity index (χ3n) is 4.38. The van der Waals surface area contributed by atoms with E-state index >= 15 is 0 Å². The second-order valence-electron chi connectivity index (χ2n) is 6.01. The highest BCUT2D eigenvalue weighted by Crippen LogP contribution is 2.37. The largest absolute Gasteiger partial charge is 0.497 e. The summed E-state index contributed by atoms with van der Waals surface area (Å²) in [5, 5.41) is 0. The van der Waals surface area contributed by atoms with Crippen molar-refractivity contribution in [2.24, 2.45) is 0 Å². The van der Waals surface area contributed by atoms with E-state index in [9.17, 15) is 4.79 Å². The Labute approximate surface area is 174 Å². The van der Waals surface area contributed by atoms with E-state index in [1.54, 1.807) is 32.3 Å². The molecule has 5 nitrogen and oxygen atoms in total. The molecule has 1 saturated heterocycles. The molecule has 7 heteroatoms. The van der Waals surface area contributed by atoms with E-state index in [1.807, 2.05) is 42.5 Å². The SMILES string of the molecule is COc1ccc(CCN2C(=O)C(=Cc3cccc(OC)c3OC)SC2=S)cc1. The predicted octanol–water partition coefficient (Wildman–Crippen LogP) is 4.16. The minimum absolute atomic E-state index is 0.0895. The van der Waals surface area contributed by atoms with Crippen molar-refractivity contribution in [1.82, 2.24) is 4.90 Å². The molecule has 2 aromatic rings. The fraction of sp³-hybridized carbons (Fsp3) is 0.238. The van der Waals surface area contributed by atoms with Crippen LogP contribution in [0.1, 0.15) is 11.1 Å². The predicted molar refractivity (Wildman–Crippen MR) is 116 cm³/mol. The Morgan fingerprint density at radius 2 is 1.79 bits per heavy atom. The van der Waals surface area contributed by atoms with Gasteiger partial charge in [0, 0.05) is 12.1 Å². The lowest BCUT2D eigenvalue weighted by Gasteiger charge is -2.14. The summed E-state index contributed by atoms with van der Waals surface area (Å²) in [5.41, 5.74) is 1.89. The van der Waals surface area contributed by atoms with Crippen molar-refractivity contribution < 1.29 is 19.0 Å². The zero-order chi connectivity index (χ0) is 20.1. The Balaban J connectivity index is 1.75. The molecule has 146 valence electrons.